The first kappa shape index (κ1) is 25.1. The second-order valence-corrected chi connectivity index (χ2v) is 10.4. The summed E-state index contributed by atoms with van der Waals surface area (Å²) >= 11 is 0. The van der Waals surface area contributed by atoms with Gasteiger partial charge in [0.2, 0.25) is 0 Å². The number of unbranched alkanes of at least 4 members (excludes halogenated alkanes) is 2. The predicted molar refractivity (Wildman–Crippen MR) is 110 cm³/mol. The number of hydrogen-bond donors (Lipinski definition) is 1. The Morgan fingerprint density at radius 3 is 1.78 bits per heavy atom. The molecule has 1 fully saturated rings. The number of nitrogens with zero attached hydrogens (tertiary/aromatic N) is 2. The summed E-state index contributed by atoms with van der Waals surface area (Å²) in [5, 5.41) is 0. The van der Waals surface area contributed by atoms with Crippen molar-refractivity contribution in [1.29, 1.82) is 0 Å². The maximum absolute atomic E-state index is 10.8. The smallest absolute Gasteiger partial charge is 0.264 e. The molecule has 0 aromatic carbocycles. The lowest BCUT2D eigenvalue weighted by molar-refractivity contribution is 0.184. The van der Waals surface area contributed by atoms with Crippen molar-refractivity contribution >= 4 is 21.0 Å². The lowest BCUT2D eigenvalue weighted by Gasteiger charge is -2.36. The van der Waals surface area contributed by atoms with Gasteiger partial charge < -0.3 is 0 Å². The summed E-state index contributed by atoms with van der Waals surface area (Å²) in [6, 6.07) is 0. The van der Waals surface area contributed by atoms with Crippen LogP contribution in [0.5, 0.6) is 0 Å². The molecule has 8 nitrogen and oxygen atoms in total. The molecule has 0 saturated carbocycles. The normalized spacial score (nSPS) is 17.6. The van der Waals surface area contributed by atoms with E-state index < -0.39 is 21.0 Å². The van der Waals surface area contributed by atoms with E-state index in [1.807, 2.05) is 20.8 Å². The van der Waals surface area contributed by atoms with Gasteiger partial charge in [-0.05, 0) is 46.6 Å². The van der Waals surface area contributed by atoms with Crippen LogP contribution in [0.15, 0.2) is 0 Å². The first-order chi connectivity index (χ1) is 12.8. The zero-order chi connectivity index (χ0) is 20.2. The van der Waals surface area contributed by atoms with Gasteiger partial charge in [-0.3, -0.25) is 26.9 Å². The molecular weight excluding hydrogens is 392 g/mol. The third kappa shape index (κ3) is 11.0. The summed E-state index contributed by atoms with van der Waals surface area (Å²) in [5.74, 6) is 0.650. The van der Waals surface area contributed by atoms with Crippen molar-refractivity contribution in [1.82, 2.24) is 9.80 Å². The molecule has 1 saturated heterocycles. The van der Waals surface area contributed by atoms with Gasteiger partial charge in [-0.2, -0.15) is 8.42 Å². The number of hydrogen-bond acceptors (Lipinski definition) is 7. The van der Waals surface area contributed by atoms with Crippen molar-refractivity contribution in [2.24, 2.45) is 0 Å². The molecule has 0 aromatic heterocycles. The van der Waals surface area contributed by atoms with Crippen LogP contribution in [-0.2, 0) is 22.7 Å². The van der Waals surface area contributed by atoms with Gasteiger partial charge in [0.1, 0.15) is 0 Å². The minimum atomic E-state index is -3.84. The summed E-state index contributed by atoms with van der Waals surface area (Å²) in [6.45, 7) is 12.3. The Bertz CT molecular complexity index is 475. The summed E-state index contributed by atoms with van der Waals surface area (Å²) in [6.07, 6.45) is 3.70. The Morgan fingerprint density at radius 2 is 1.30 bits per heavy atom. The molecule has 0 spiro atoms. The highest BCUT2D eigenvalue weighted by Gasteiger charge is 2.26. The molecule has 164 valence electrons. The third-order valence-corrected chi connectivity index (χ3v) is 7.65. The van der Waals surface area contributed by atoms with Gasteiger partial charge in [-0.25, -0.2) is 0 Å². The number of rotatable bonds is 16. The molecule has 0 aliphatic carbocycles. The van der Waals surface area contributed by atoms with Gasteiger partial charge in [0, 0.05) is 25.4 Å². The van der Waals surface area contributed by atoms with E-state index in [4.69, 9.17) is 17.1 Å². The molecule has 1 N–H and O–H groups in total. The van der Waals surface area contributed by atoms with E-state index in [0.717, 1.165) is 51.3 Å². The summed E-state index contributed by atoms with van der Waals surface area (Å²) in [4.78, 5) is 4.63. The van der Waals surface area contributed by atoms with E-state index in [-0.39, 0.29) is 5.75 Å². The lowest BCUT2D eigenvalue weighted by atomic mass is 10.2. The van der Waals surface area contributed by atoms with Crippen LogP contribution in [0.25, 0.3) is 0 Å². The Kier molecular flexibility index (Phi) is 12.4. The maximum Gasteiger partial charge on any atom is 0.264 e. The molecule has 0 unspecified atom stereocenters. The Labute approximate surface area is 167 Å². The van der Waals surface area contributed by atoms with Crippen LogP contribution in [-0.4, -0.2) is 86.9 Å². The zero-order valence-electron chi connectivity index (χ0n) is 17.1. The summed E-state index contributed by atoms with van der Waals surface area (Å²) in [7, 11) is -5.71. The van der Waals surface area contributed by atoms with Crippen molar-refractivity contribution in [2.75, 3.05) is 64.2 Å². The zero-order valence-corrected chi connectivity index (χ0v) is 18.7. The molecule has 1 heterocycles. The van der Waals surface area contributed by atoms with Crippen LogP contribution < -0.4 is 0 Å². The van der Waals surface area contributed by atoms with Gasteiger partial charge in [0.25, 0.3) is 10.1 Å². The second kappa shape index (κ2) is 13.3. The van der Waals surface area contributed by atoms with E-state index in [9.17, 15) is 8.42 Å². The first-order valence-electron chi connectivity index (χ1n) is 9.98. The highest BCUT2D eigenvalue weighted by molar-refractivity contribution is 8.21. The van der Waals surface area contributed by atoms with E-state index in [1.165, 1.54) is 0 Å². The molecule has 10 heteroatoms. The van der Waals surface area contributed by atoms with Crippen LogP contribution in [0.3, 0.4) is 0 Å². The van der Waals surface area contributed by atoms with Crippen LogP contribution in [0.2, 0.25) is 0 Å². The monoisotopic (exact) mass is 430 g/mol. The molecule has 0 aromatic rings. The van der Waals surface area contributed by atoms with Gasteiger partial charge in [0.15, 0.2) is 0 Å². The average Bonchev–Trinajstić information content (AvgIpc) is 3.02. The van der Waals surface area contributed by atoms with Crippen LogP contribution in [0.1, 0.15) is 46.5 Å². The molecule has 1 aliphatic heterocycles. The van der Waals surface area contributed by atoms with E-state index in [2.05, 4.69) is 9.80 Å². The van der Waals surface area contributed by atoms with Crippen LogP contribution >= 0.6 is 10.9 Å². The Balaban J connectivity index is 2.20. The van der Waals surface area contributed by atoms with Crippen LogP contribution in [0.4, 0.5) is 0 Å². The van der Waals surface area contributed by atoms with Crippen molar-refractivity contribution < 1.29 is 25.5 Å². The van der Waals surface area contributed by atoms with Gasteiger partial charge in [0.05, 0.1) is 43.1 Å². The molecule has 0 radical (unpaired) electrons. The molecule has 0 amide bonds. The molecule has 27 heavy (non-hydrogen) atoms. The highest BCUT2D eigenvalue weighted by Crippen LogP contribution is 2.52. The van der Waals surface area contributed by atoms with E-state index in [0.29, 0.717) is 32.8 Å². The fourth-order valence-corrected chi connectivity index (χ4v) is 5.84. The molecule has 0 bridgehead atoms. The first-order valence-corrected chi connectivity index (χ1v) is 13.2. The summed E-state index contributed by atoms with van der Waals surface area (Å²) < 4.78 is 47.8. The quantitative estimate of drug-likeness (QED) is 0.295. The van der Waals surface area contributed by atoms with Gasteiger partial charge in [-0.1, -0.05) is 6.42 Å². The predicted octanol–water partition coefficient (Wildman–Crippen LogP) is 2.67. The van der Waals surface area contributed by atoms with Crippen molar-refractivity contribution in [2.45, 2.75) is 46.5 Å². The topological polar surface area (TPSA) is 88.5 Å². The molecule has 1 rings (SSSR count). The lowest BCUT2D eigenvalue weighted by Crippen LogP contribution is -2.28. The largest absolute Gasteiger partial charge is 0.293 e. The van der Waals surface area contributed by atoms with Crippen molar-refractivity contribution in [3.05, 3.63) is 0 Å². The molecule has 0 atom stereocenters. The average molecular weight is 431 g/mol. The molecular formula is C17H38N2O6S2. The second-order valence-electron chi connectivity index (χ2n) is 6.56. The van der Waals surface area contributed by atoms with Crippen molar-refractivity contribution in [3.8, 4) is 0 Å². The van der Waals surface area contributed by atoms with Crippen molar-refractivity contribution in [3.63, 3.8) is 0 Å². The molecule has 1 aliphatic rings. The highest BCUT2D eigenvalue weighted by atomic mass is 32.3. The SMILES string of the molecule is CCOS(CCCCCN1CCN(CCCS(=O)(=O)O)C1)(OCC)OCC. The summed E-state index contributed by atoms with van der Waals surface area (Å²) in [5.41, 5.74) is 0. The standard InChI is InChI=1S/C17H38N2O6S2/c1-4-23-27(24-5-2,25-6-3)16-9-7-8-11-18-13-14-19(17-18)12-10-15-26(20,21)22/h4-17H2,1-3H3,(H,20,21,22). The van der Waals surface area contributed by atoms with E-state index in [1.54, 1.807) is 0 Å². The minimum Gasteiger partial charge on any atom is -0.293 e. The fourth-order valence-electron chi connectivity index (χ4n) is 3.15. The van der Waals surface area contributed by atoms with E-state index >= 15 is 0 Å². The Hall–Kier alpha value is 0.0600. The Morgan fingerprint density at radius 1 is 0.778 bits per heavy atom. The third-order valence-electron chi connectivity index (χ3n) is 4.27. The van der Waals surface area contributed by atoms with Crippen LogP contribution in [0, 0.1) is 0 Å². The van der Waals surface area contributed by atoms with Gasteiger partial charge >= 0.3 is 0 Å². The fraction of sp³-hybridized carbons (Fsp3) is 1.00. The van der Waals surface area contributed by atoms with Gasteiger partial charge in [-0.15, -0.1) is 0 Å². The minimum absolute atomic E-state index is 0.160. The maximum atomic E-state index is 10.8.